The van der Waals surface area contributed by atoms with Gasteiger partial charge in [0, 0.05) is 19.3 Å². The van der Waals surface area contributed by atoms with Crippen LogP contribution in [0.4, 0.5) is 5.69 Å². The van der Waals surface area contributed by atoms with Crippen LogP contribution in [0.15, 0.2) is 18.5 Å². The van der Waals surface area contributed by atoms with Gasteiger partial charge < -0.3 is 9.64 Å². The number of nitrogens with zero attached hydrogens (tertiary/aromatic N) is 2. The fourth-order valence-corrected chi connectivity index (χ4v) is 2.60. The van der Waals surface area contributed by atoms with Crippen LogP contribution in [0.1, 0.15) is 18.4 Å². The maximum Gasteiger partial charge on any atom is 0.0755 e. The van der Waals surface area contributed by atoms with E-state index in [0.717, 1.165) is 13.1 Å². The van der Waals surface area contributed by atoms with E-state index < -0.39 is 0 Å². The maximum absolute atomic E-state index is 5.83. The van der Waals surface area contributed by atoms with Gasteiger partial charge in [0.15, 0.2) is 0 Å². The number of ether oxygens (including phenoxy) is 1. The van der Waals surface area contributed by atoms with Gasteiger partial charge in [-0.25, -0.2) is 0 Å². The summed E-state index contributed by atoms with van der Waals surface area (Å²) in [6.07, 6.45) is 7.17. The minimum Gasteiger partial charge on any atom is -0.371 e. The molecular weight excluding hydrogens is 188 g/mol. The van der Waals surface area contributed by atoms with Gasteiger partial charge in [0.05, 0.1) is 24.1 Å². The summed E-state index contributed by atoms with van der Waals surface area (Å²) in [7, 11) is 0. The number of rotatable bonds is 1. The van der Waals surface area contributed by atoms with Gasteiger partial charge in [-0.15, -0.1) is 0 Å². The zero-order chi connectivity index (χ0) is 10.3. The Hall–Kier alpha value is -1.09. The number of aromatic nitrogens is 1. The number of anilines is 1. The van der Waals surface area contributed by atoms with Crippen LogP contribution in [0.25, 0.3) is 0 Å². The van der Waals surface area contributed by atoms with Crippen molar-refractivity contribution in [3.63, 3.8) is 0 Å². The molecule has 2 aliphatic rings. The van der Waals surface area contributed by atoms with Crippen molar-refractivity contribution in [1.29, 1.82) is 0 Å². The predicted molar refractivity (Wildman–Crippen MR) is 59.1 cm³/mol. The molecule has 3 nitrogen and oxygen atoms in total. The molecule has 15 heavy (non-hydrogen) atoms. The highest BCUT2D eigenvalue weighted by atomic mass is 16.5. The van der Waals surface area contributed by atoms with Gasteiger partial charge in [-0.05, 0) is 31.4 Å². The van der Waals surface area contributed by atoms with Crippen molar-refractivity contribution in [2.24, 2.45) is 0 Å². The highest BCUT2D eigenvalue weighted by molar-refractivity contribution is 5.51. The first-order valence-corrected chi connectivity index (χ1v) is 5.64. The van der Waals surface area contributed by atoms with E-state index in [1.807, 2.05) is 12.4 Å². The molecule has 1 aromatic rings. The summed E-state index contributed by atoms with van der Waals surface area (Å²) < 4.78 is 5.83. The van der Waals surface area contributed by atoms with Crippen LogP contribution in [-0.4, -0.2) is 30.3 Å². The molecule has 0 amide bonds. The molecule has 2 fully saturated rings. The fraction of sp³-hybridized carbons (Fsp3) is 0.583. The minimum atomic E-state index is 0.448. The second-order valence-electron chi connectivity index (χ2n) is 4.52. The van der Waals surface area contributed by atoms with Crippen LogP contribution in [0.2, 0.25) is 0 Å². The molecule has 0 spiro atoms. The standard InChI is InChI=1S/C12H16N2O/c1-9-4-5-13-6-12(9)14-7-10-2-3-11(8-14)15-10/h4-6,10-11H,2-3,7-8H2,1H3/t10-,11?/m0/s1. The van der Waals surface area contributed by atoms with E-state index in [9.17, 15) is 0 Å². The van der Waals surface area contributed by atoms with Gasteiger partial charge in [0.1, 0.15) is 0 Å². The Balaban J connectivity index is 1.86. The van der Waals surface area contributed by atoms with E-state index in [1.165, 1.54) is 24.1 Å². The van der Waals surface area contributed by atoms with Crippen LogP contribution in [0, 0.1) is 6.92 Å². The normalized spacial score (nSPS) is 29.5. The summed E-state index contributed by atoms with van der Waals surface area (Å²) in [5.74, 6) is 0. The second kappa shape index (κ2) is 3.49. The lowest BCUT2D eigenvalue weighted by Gasteiger charge is -2.34. The van der Waals surface area contributed by atoms with E-state index in [0.29, 0.717) is 12.2 Å². The predicted octanol–water partition coefficient (Wildman–Crippen LogP) is 1.76. The summed E-state index contributed by atoms with van der Waals surface area (Å²) in [6.45, 7) is 4.21. The van der Waals surface area contributed by atoms with Gasteiger partial charge in [0.25, 0.3) is 0 Å². The van der Waals surface area contributed by atoms with E-state index in [1.54, 1.807) is 0 Å². The third kappa shape index (κ3) is 1.61. The molecule has 3 rings (SSSR count). The van der Waals surface area contributed by atoms with E-state index >= 15 is 0 Å². The Bertz CT molecular complexity index is 354. The molecule has 3 heteroatoms. The lowest BCUT2D eigenvalue weighted by molar-refractivity contribution is 0.0304. The zero-order valence-corrected chi connectivity index (χ0v) is 9.02. The van der Waals surface area contributed by atoms with Gasteiger partial charge >= 0.3 is 0 Å². The lowest BCUT2D eigenvalue weighted by atomic mass is 10.2. The van der Waals surface area contributed by atoms with Gasteiger partial charge in [-0.3, -0.25) is 4.98 Å². The number of fused-ring (bicyclic) bond motifs is 2. The zero-order valence-electron chi connectivity index (χ0n) is 9.02. The third-order valence-electron chi connectivity index (χ3n) is 3.40. The molecule has 2 saturated heterocycles. The summed E-state index contributed by atoms with van der Waals surface area (Å²) in [5.41, 5.74) is 2.59. The number of hydrogen-bond donors (Lipinski definition) is 0. The highest BCUT2D eigenvalue weighted by Crippen LogP contribution is 2.30. The van der Waals surface area contributed by atoms with Crippen LogP contribution in [-0.2, 0) is 4.74 Å². The van der Waals surface area contributed by atoms with Crippen LogP contribution < -0.4 is 4.90 Å². The third-order valence-corrected chi connectivity index (χ3v) is 3.40. The molecule has 1 unspecified atom stereocenters. The Labute approximate surface area is 90.1 Å². The Morgan fingerprint density at radius 3 is 2.73 bits per heavy atom. The fourth-order valence-electron chi connectivity index (χ4n) is 2.60. The van der Waals surface area contributed by atoms with Crippen molar-refractivity contribution in [3.05, 3.63) is 24.0 Å². The largest absolute Gasteiger partial charge is 0.371 e. The SMILES string of the molecule is Cc1ccncc1N1CC2CC[C@@H](C1)O2. The Morgan fingerprint density at radius 1 is 1.33 bits per heavy atom. The molecule has 80 valence electrons. The molecule has 0 aliphatic carbocycles. The summed E-state index contributed by atoms with van der Waals surface area (Å²) in [6, 6.07) is 2.08. The molecule has 0 N–H and O–H groups in total. The molecule has 2 aliphatic heterocycles. The summed E-state index contributed by atoms with van der Waals surface area (Å²) in [4.78, 5) is 6.63. The second-order valence-corrected chi connectivity index (χ2v) is 4.52. The Kier molecular flexibility index (Phi) is 2.13. The van der Waals surface area contributed by atoms with Crippen LogP contribution in [0.3, 0.4) is 0 Å². The molecule has 0 radical (unpaired) electrons. The maximum atomic E-state index is 5.83. The van der Waals surface area contributed by atoms with Crippen molar-refractivity contribution in [2.75, 3.05) is 18.0 Å². The average molecular weight is 204 g/mol. The highest BCUT2D eigenvalue weighted by Gasteiger charge is 2.34. The molecular formula is C12H16N2O. The summed E-state index contributed by atoms with van der Waals surface area (Å²) >= 11 is 0. The van der Waals surface area contributed by atoms with Crippen molar-refractivity contribution in [2.45, 2.75) is 32.0 Å². The van der Waals surface area contributed by atoms with Gasteiger partial charge in [-0.2, -0.15) is 0 Å². The lowest BCUT2D eigenvalue weighted by Crippen LogP contribution is -2.42. The van der Waals surface area contributed by atoms with Crippen LogP contribution in [0.5, 0.6) is 0 Å². The molecule has 2 bridgehead atoms. The molecule has 1 aromatic heterocycles. The van der Waals surface area contributed by atoms with E-state index in [2.05, 4.69) is 22.9 Å². The first kappa shape index (κ1) is 9.16. The van der Waals surface area contributed by atoms with Gasteiger partial charge in [-0.1, -0.05) is 0 Å². The summed E-state index contributed by atoms with van der Waals surface area (Å²) in [5, 5.41) is 0. The van der Waals surface area contributed by atoms with Crippen molar-refractivity contribution >= 4 is 5.69 Å². The number of hydrogen-bond acceptors (Lipinski definition) is 3. The van der Waals surface area contributed by atoms with Crippen LogP contribution >= 0.6 is 0 Å². The first-order valence-electron chi connectivity index (χ1n) is 5.64. The first-order chi connectivity index (χ1) is 7.33. The van der Waals surface area contributed by atoms with Crippen molar-refractivity contribution < 1.29 is 4.74 Å². The minimum absolute atomic E-state index is 0.448. The Morgan fingerprint density at radius 2 is 2.07 bits per heavy atom. The van der Waals surface area contributed by atoms with Crippen molar-refractivity contribution in [3.8, 4) is 0 Å². The quantitative estimate of drug-likeness (QED) is 0.697. The molecule has 0 aromatic carbocycles. The van der Waals surface area contributed by atoms with Crippen molar-refractivity contribution in [1.82, 2.24) is 4.98 Å². The number of morpholine rings is 1. The smallest absolute Gasteiger partial charge is 0.0755 e. The topological polar surface area (TPSA) is 25.4 Å². The monoisotopic (exact) mass is 204 g/mol. The number of pyridine rings is 1. The molecule has 2 atom stereocenters. The van der Waals surface area contributed by atoms with Gasteiger partial charge in [0.2, 0.25) is 0 Å². The molecule has 0 saturated carbocycles. The average Bonchev–Trinajstić information content (AvgIpc) is 2.58. The van der Waals surface area contributed by atoms with E-state index in [-0.39, 0.29) is 0 Å². The van der Waals surface area contributed by atoms with E-state index in [4.69, 9.17) is 4.74 Å². The molecule has 3 heterocycles. The number of aryl methyl sites for hydroxylation is 1.